The predicted octanol–water partition coefficient (Wildman–Crippen LogP) is 3.32. The number of nitrogens with one attached hydrogen (secondary N) is 2. The van der Waals surface area contributed by atoms with Gasteiger partial charge in [-0.1, -0.05) is 29.8 Å². The summed E-state index contributed by atoms with van der Waals surface area (Å²) < 4.78 is 0. The third-order valence-corrected chi connectivity index (χ3v) is 3.45. The van der Waals surface area contributed by atoms with Crippen LogP contribution in [0.5, 0.6) is 0 Å². The van der Waals surface area contributed by atoms with Gasteiger partial charge in [-0.15, -0.1) is 11.3 Å². The van der Waals surface area contributed by atoms with Crippen LogP contribution in [0.3, 0.4) is 0 Å². The normalized spacial score (nSPS) is 10.4. The minimum absolute atomic E-state index is 0.203. The van der Waals surface area contributed by atoms with Gasteiger partial charge in [0.2, 0.25) is 5.91 Å². The second-order valence-electron chi connectivity index (χ2n) is 3.64. The second-order valence-corrected chi connectivity index (χ2v) is 5.35. The largest absolute Gasteiger partial charge is 0.308 e. The van der Waals surface area contributed by atoms with Gasteiger partial charge >= 0.3 is 0 Å². The first-order valence-electron chi connectivity index (χ1n) is 5.59. The maximum absolute atomic E-state index is 11.7. The number of carbonyl (C=O) groups excluding carboxylic acids is 1. The number of rotatable bonds is 3. The zero-order valence-corrected chi connectivity index (χ0v) is 12.6. The lowest BCUT2D eigenvalue weighted by Gasteiger charge is -2.04. The Labute approximate surface area is 130 Å². The molecule has 0 fully saturated rings. The lowest BCUT2D eigenvalue weighted by atomic mass is 10.2. The number of anilines is 1. The molecule has 102 valence electrons. The van der Waals surface area contributed by atoms with Gasteiger partial charge < -0.3 is 5.32 Å². The molecule has 0 unspecified atom stereocenters. The van der Waals surface area contributed by atoms with Crippen LogP contribution in [0.2, 0.25) is 5.02 Å². The number of benzene rings is 1. The van der Waals surface area contributed by atoms with Gasteiger partial charge in [0.25, 0.3) is 0 Å². The molecule has 1 aromatic carbocycles. The number of aromatic nitrogens is 1. The van der Waals surface area contributed by atoms with Crippen LogP contribution >= 0.6 is 35.2 Å². The van der Waals surface area contributed by atoms with E-state index in [0.29, 0.717) is 10.2 Å². The molecule has 1 heterocycles. The molecule has 0 saturated heterocycles. The van der Waals surface area contributed by atoms with E-state index in [4.69, 9.17) is 23.8 Å². The number of amides is 1. The van der Waals surface area contributed by atoms with E-state index >= 15 is 0 Å². The van der Waals surface area contributed by atoms with Crippen molar-refractivity contribution in [3.05, 3.63) is 52.5 Å². The quantitative estimate of drug-likeness (QED) is 0.672. The Kier molecular flexibility index (Phi) is 5.23. The van der Waals surface area contributed by atoms with Crippen LogP contribution in [0.25, 0.3) is 6.08 Å². The molecule has 0 aliphatic heterocycles. The van der Waals surface area contributed by atoms with E-state index in [2.05, 4.69) is 15.6 Å². The van der Waals surface area contributed by atoms with Crippen molar-refractivity contribution in [2.24, 2.45) is 0 Å². The summed E-state index contributed by atoms with van der Waals surface area (Å²) >= 11 is 12.4. The predicted molar refractivity (Wildman–Crippen MR) is 87.0 cm³/mol. The molecule has 0 radical (unpaired) electrons. The van der Waals surface area contributed by atoms with E-state index in [1.165, 1.54) is 17.4 Å². The standard InChI is InChI=1S/C13H10ClN3OS2/c14-10-4-2-1-3-9(10)5-6-11(18)16-12(19)17-13-15-7-8-20-13/h1-8H,(H2,15,16,17,18,19). The highest BCUT2D eigenvalue weighted by Crippen LogP contribution is 2.16. The van der Waals surface area contributed by atoms with Crippen molar-refractivity contribution in [3.63, 3.8) is 0 Å². The summed E-state index contributed by atoms with van der Waals surface area (Å²) in [6.45, 7) is 0. The first-order valence-corrected chi connectivity index (χ1v) is 7.26. The van der Waals surface area contributed by atoms with Crippen molar-refractivity contribution in [1.82, 2.24) is 10.3 Å². The first-order chi connectivity index (χ1) is 9.65. The molecule has 2 rings (SSSR count). The average molecular weight is 324 g/mol. The Morgan fingerprint density at radius 1 is 1.40 bits per heavy atom. The fourth-order valence-corrected chi connectivity index (χ4v) is 2.34. The Bertz CT molecular complexity index is 641. The number of nitrogens with zero attached hydrogens (tertiary/aromatic N) is 1. The lowest BCUT2D eigenvalue weighted by Crippen LogP contribution is -2.32. The van der Waals surface area contributed by atoms with Gasteiger partial charge in [0.05, 0.1) is 0 Å². The molecular formula is C13H10ClN3OS2. The number of thiazole rings is 1. The Hall–Kier alpha value is -1.76. The molecule has 0 spiro atoms. The Balaban J connectivity index is 1.89. The molecule has 0 atom stereocenters. The molecule has 7 heteroatoms. The van der Waals surface area contributed by atoms with Crippen molar-refractivity contribution in [1.29, 1.82) is 0 Å². The van der Waals surface area contributed by atoms with Gasteiger partial charge in [-0.3, -0.25) is 10.1 Å². The molecule has 2 aromatic rings. The van der Waals surface area contributed by atoms with Crippen molar-refractivity contribution < 1.29 is 4.79 Å². The molecule has 1 aromatic heterocycles. The zero-order valence-electron chi connectivity index (χ0n) is 10.2. The molecule has 0 bridgehead atoms. The lowest BCUT2D eigenvalue weighted by molar-refractivity contribution is -0.115. The van der Waals surface area contributed by atoms with Gasteiger partial charge in [-0.25, -0.2) is 4.98 Å². The summed E-state index contributed by atoms with van der Waals surface area (Å²) in [6, 6.07) is 7.25. The van der Waals surface area contributed by atoms with Crippen LogP contribution in [0.1, 0.15) is 5.56 Å². The number of halogens is 1. The van der Waals surface area contributed by atoms with Gasteiger partial charge in [-0.2, -0.15) is 0 Å². The second kappa shape index (κ2) is 7.14. The van der Waals surface area contributed by atoms with E-state index in [9.17, 15) is 4.79 Å². The van der Waals surface area contributed by atoms with Gasteiger partial charge in [-0.05, 0) is 29.9 Å². The van der Waals surface area contributed by atoms with Gasteiger partial charge in [0.15, 0.2) is 10.2 Å². The fourth-order valence-electron chi connectivity index (χ4n) is 1.34. The maximum Gasteiger partial charge on any atom is 0.250 e. The van der Waals surface area contributed by atoms with Crippen molar-refractivity contribution in [2.75, 3.05) is 5.32 Å². The summed E-state index contributed by atoms with van der Waals surface area (Å²) in [7, 11) is 0. The topological polar surface area (TPSA) is 54.0 Å². The minimum atomic E-state index is -0.334. The Morgan fingerprint density at radius 2 is 2.20 bits per heavy atom. The van der Waals surface area contributed by atoms with Crippen LogP contribution in [0.4, 0.5) is 5.13 Å². The molecule has 0 aliphatic rings. The van der Waals surface area contributed by atoms with Crippen LogP contribution < -0.4 is 10.6 Å². The van der Waals surface area contributed by atoms with Crippen molar-refractivity contribution in [3.8, 4) is 0 Å². The highest BCUT2D eigenvalue weighted by atomic mass is 35.5. The third-order valence-electron chi connectivity index (χ3n) is 2.21. The summed E-state index contributed by atoms with van der Waals surface area (Å²) in [5, 5.41) is 8.56. The Morgan fingerprint density at radius 3 is 2.90 bits per heavy atom. The molecular weight excluding hydrogens is 314 g/mol. The van der Waals surface area contributed by atoms with E-state index in [1.54, 1.807) is 18.3 Å². The third kappa shape index (κ3) is 4.41. The SMILES string of the molecule is O=C(C=Cc1ccccc1Cl)NC(=S)Nc1nccs1. The maximum atomic E-state index is 11.7. The van der Waals surface area contributed by atoms with E-state index in [-0.39, 0.29) is 11.0 Å². The molecule has 0 saturated carbocycles. The van der Waals surface area contributed by atoms with Crippen molar-refractivity contribution >= 4 is 57.4 Å². The number of hydrogen-bond acceptors (Lipinski definition) is 4. The number of thiocarbonyl (C=S) groups is 1. The summed E-state index contributed by atoms with van der Waals surface area (Å²) in [6.07, 6.45) is 4.65. The van der Waals surface area contributed by atoms with Crippen LogP contribution in [-0.4, -0.2) is 16.0 Å². The van der Waals surface area contributed by atoms with E-state index < -0.39 is 0 Å². The fraction of sp³-hybridized carbons (Fsp3) is 0. The van der Waals surface area contributed by atoms with Gasteiger partial charge in [0, 0.05) is 22.7 Å². The van der Waals surface area contributed by atoms with E-state index in [0.717, 1.165) is 5.56 Å². The number of hydrogen-bond donors (Lipinski definition) is 2. The zero-order chi connectivity index (χ0) is 14.4. The van der Waals surface area contributed by atoms with E-state index in [1.807, 2.05) is 23.6 Å². The van der Waals surface area contributed by atoms with Gasteiger partial charge in [0.1, 0.15) is 0 Å². The van der Waals surface area contributed by atoms with Crippen LogP contribution in [-0.2, 0) is 4.79 Å². The van der Waals surface area contributed by atoms with Crippen LogP contribution in [0.15, 0.2) is 41.9 Å². The highest BCUT2D eigenvalue weighted by molar-refractivity contribution is 7.80. The molecule has 4 nitrogen and oxygen atoms in total. The summed E-state index contributed by atoms with van der Waals surface area (Å²) in [4.78, 5) is 15.7. The molecule has 20 heavy (non-hydrogen) atoms. The monoisotopic (exact) mass is 323 g/mol. The molecule has 0 aliphatic carbocycles. The van der Waals surface area contributed by atoms with Crippen molar-refractivity contribution in [2.45, 2.75) is 0 Å². The summed E-state index contributed by atoms with van der Waals surface area (Å²) in [5.74, 6) is -0.334. The first kappa shape index (κ1) is 14.6. The highest BCUT2D eigenvalue weighted by Gasteiger charge is 2.03. The summed E-state index contributed by atoms with van der Waals surface area (Å²) in [5.41, 5.74) is 0.767. The number of carbonyl (C=O) groups is 1. The molecule has 1 amide bonds. The molecule has 2 N–H and O–H groups in total. The average Bonchev–Trinajstić information content (AvgIpc) is 2.90. The minimum Gasteiger partial charge on any atom is -0.308 e. The smallest absolute Gasteiger partial charge is 0.250 e. The van der Waals surface area contributed by atoms with Crippen LogP contribution in [0, 0.1) is 0 Å².